The highest BCUT2D eigenvalue weighted by Crippen LogP contribution is 2.26. The number of unbranched alkanes of at least 4 members (excludes halogenated alkanes) is 2. The molecule has 0 aliphatic carbocycles. The third-order valence-corrected chi connectivity index (χ3v) is 3.30. The van der Waals surface area contributed by atoms with Crippen LogP contribution < -0.4 is 5.46 Å². The van der Waals surface area contributed by atoms with Crippen molar-refractivity contribution in [2.45, 2.75) is 32.6 Å². The molecule has 0 saturated heterocycles. The first-order chi connectivity index (χ1) is 9.61. The fraction of sp³-hybridized carbons (Fsp3) is 0.385. The largest absolute Gasteiger partial charge is 0.488 e. The lowest BCUT2D eigenvalue weighted by atomic mass is 9.80. The molecule has 1 aromatic heterocycles. The number of nitrogens with zero attached hydrogens (tertiary/aromatic N) is 2. The van der Waals surface area contributed by atoms with Crippen LogP contribution in [0.1, 0.15) is 32.1 Å². The zero-order chi connectivity index (χ0) is 14.5. The molecular formula is C13H16BClN2O3. The van der Waals surface area contributed by atoms with Gasteiger partial charge in [0, 0.05) is 6.42 Å². The Hall–Kier alpha value is -1.37. The molecule has 1 heterocycles. The molecule has 106 valence electrons. The monoisotopic (exact) mass is 294 g/mol. The van der Waals surface area contributed by atoms with Gasteiger partial charge >= 0.3 is 7.12 Å². The van der Waals surface area contributed by atoms with Crippen LogP contribution in [0.3, 0.4) is 0 Å². The topological polar surface area (TPSA) is 79.4 Å². The third kappa shape index (κ3) is 3.59. The summed E-state index contributed by atoms with van der Waals surface area (Å²) in [5.74, 6) is 0.941. The molecule has 0 amide bonds. The number of hydrogen-bond donors (Lipinski definition) is 2. The first kappa shape index (κ1) is 15.0. The summed E-state index contributed by atoms with van der Waals surface area (Å²) in [5, 5.41) is 26.5. The van der Waals surface area contributed by atoms with Crippen molar-refractivity contribution in [1.29, 1.82) is 0 Å². The molecule has 0 saturated carbocycles. The van der Waals surface area contributed by atoms with Crippen LogP contribution in [0.2, 0.25) is 5.02 Å². The standard InChI is InChI=1S/C13H16BClN2O3/c1-2-3-4-5-12-16-17-13(20-12)10-7-6-9(14(18)19)8-11(10)15/h6-8,18-19H,2-5H2,1H3. The SMILES string of the molecule is CCCCCc1nnc(-c2ccc(B(O)O)cc2Cl)o1. The number of aromatic nitrogens is 2. The average molecular weight is 295 g/mol. The lowest BCUT2D eigenvalue weighted by Crippen LogP contribution is -2.29. The van der Waals surface area contributed by atoms with Crippen molar-refractivity contribution in [2.24, 2.45) is 0 Å². The summed E-state index contributed by atoms with van der Waals surface area (Å²) < 4.78 is 5.57. The minimum absolute atomic E-state index is 0.321. The molecule has 0 aliphatic rings. The highest BCUT2D eigenvalue weighted by atomic mass is 35.5. The van der Waals surface area contributed by atoms with E-state index in [9.17, 15) is 0 Å². The Morgan fingerprint density at radius 2 is 2.05 bits per heavy atom. The number of benzene rings is 1. The number of hydrogen-bond acceptors (Lipinski definition) is 5. The van der Waals surface area contributed by atoms with Crippen molar-refractivity contribution < 1.29 is 14.5 Å². The fourth-order valence-corrected chi connectivity index (χ4v) is 2.12. The van der Waals surface area contributed by atoms with Crippen molar-refractivity contribution in [3.63, 3.8) is 0 Å². The van der Waals surface area contributed by atoms with E-state index in [-0.39, 0.29) is 0 Å². The van der Waals surface area contributed by atoms with E-state index in [4.69, 9.17) is 26.1 Å². The average Bonchev–Trinajstić information content (AvgIpc) is 2.87. The van der Waals surface area contributed by atoms with Gasteiger partial charge in [0.15, 0.2) is 0 Å². The predicted molar refractivity (Wildman–Crippen MR) is 77.8 cm³/mol. The van der Waals surface area contributed by atoms with Gasteiger partial charge in [0.05, 0.1) is 10.6 Å². The summed E-state index contributed by atoms with van der Waals surface area (Å²) in [5.41, 5.74) is 0.909. The summed E-state index contributed by atoms with van der Waals surface area (Å²) >= 11 is 6.09. The first-order valence-corrected chi connectivity index (χ1v) is 6.98. The Morgan fingerprint density at radius 3 is 2.70 bits per heavy atom. The molecule has 0 aliphatic heterocycles. The van der Waals surface area contributed by atoms with Gasteiger partial charge in [-0.25, -0.2) is 0 Å². The van der Waals surface area contributed by atoms with Crippen LogP contribution in [-0.4, -0.2) is 27.4 Å². The minimum atomic E-state index is -1.55. The summed E-state index contributed by atoms with van der Waals surface area (Å²) in [6.45, 7) is 2.14. The summed E-state index contributed by atoms with van der Waals surface area (Å²) in [6, 6.07) is 4.68. The summed E-state index contributed by atoms with van der Waals surface area (Å²) in [4.78, 5) is 0. The van der Waals surface area contributed by atoms with E-state index in [2.05, 4.69) is 17.1 Å². The van der Waals surface area contributed by atoms with E-state index in [1.807, 2.05) is 0 Å². The van der Waals surface area contributed by atoms with Crippen molar-refractivity contribution in [2.75, 3.05) is 0 Å². The Morgan fingerprint density at radius 1 is 1.25 bits per heavy atom. The molecular weight excluding hydrogens is 278 g/mol. The Kier molecular flexibility index (Phi) is 5.17. The molecule has 20 heavy (non-hydrogen) atoms. The van der Waals surface area contributed by atoms with Crippen LogP contribution in [0.5, 0.6) is 0 Å². The fourth-order valence-electron chi connectivity index (χ4n) is 1.86. The highest BCUT2D eigenvalue weighted by molar-refractivity contribution is 6.59. The van der Waals surface area contributed by atoms with Crippen LogP contribution in [0, 0.1) is 0 Å². The zero-order valence-electron chi connectivity index (χ0n) is 11.2. The number of halogens is 1. The van der Waals surface area contributed by atoms with E-state index in [0.717, 1.165) is 25.7 Å². The van der Waals surface area contributed by atoms with Crippen LogP contribution in [0.4, 0.5) is 0 Å². The lowest BCUT2D eigenvalue weighted by Gasteiger charge is -2.03. The highest BCUT2D eigenvalue weighted by Gasteiger charge is 2.16. The van der Waals surface area contributed by atoms with Gasteiger partial charge in [-0.05, 0) is 24.0 Å². The molecule has 0 bridgehead atoms. The quantitative estimate of drug-likeness (QED) is 0.627. The van der Waals surface area contributed by atoms with Crippen LogP contribution in [0.15, 0.2) is 22.6 Å². The lowest BCUT2D eigenvalue weighted by molar-refractivity contribution is 0.426. The van der Waals surface area contributed by atoms with Gasteiger partial charge in [0.2, 0.25) is 11.8 Å². The smallest absolute Gasteiger partial charge is 0.423 e. The molecule has 7 heteroatoms. The van der Waals surface area contributed by atoms with Gasteiger partial charge in [-0.1, -0.05) is 37.4 Å². The zero-order valence-corrected chi connectivity index (χ0v) is 12.0. The Balaban J connectivity index is 2.15. The normalized spacial score (nSPS) is 10.8. The van der Waals surface area contributed by atoms with Crippen molar-refractivity contribution in [3.05, 3.63) is 29.1 Å². The molecule has 1 aromatic carbocycles. The Bertz CT molecular complexity index is 574. The second-order valence-electron chi connectivity index (χ2n) is 4.57. The van der Waals surface area contributed by atoms with Crippen LogP contribution in [-0.2, 0) is 6.42 Å². The maximum absolute atomic E-state index is 9.08. The maximum Gasteiger partial charge on any atom is 0.488 e. The van der Waals surface area contributed by atoms with Crippen LogP contribution >= 0.6 is 11.6 Å². The molecule has 2 N–H and O–H groups in total. The minimum Gasteiger partial charge on any atom is -0.423 e. The molecule has 0 radical (unpaired) electrons. The van der Waals surface area contributed by atoms with Crippen molar-refractivity contribution in [3.8, 4) is 11.5 Å². The van der Waals surface area contributed by atoms with Crippen molar-refractivity contribution in [1.82, 2.24) is 10.2 Å². The van der Waals surface area contributed by atoms with Gasteiger partial charge in [-0.3, -0.25) is 0 Å². The van der Waals surface area contributed by atoms with E-state index >= 15 is 0 Å². The summed E-state index contributed by atoms with van der Waals surface area (Å²) in [6.07, 6.45) is 4.03. The molecule has 5 nitrogen and oxygen atoms in total. The van der Waals surface area contributed by atoms with Gasteiger partial charge in [0.1, 0.15) is 0 Å². The maximum atomic E-state index is 9.08. The second kappa shape index (κ2) is 6.88. The van der Waals surface area contributed by atoms with Gasteiger partial charge in [0.25, 0.3) is 0 Å². The first-order valence-electron chi connectivity index (χ1n) is 6.60. The summed E-state index contributed by atoms with van der Waals surface area (Å²) in [7, 11) is -1.55. The third-order valence-electron chi connectivity index (χ3n) is 2.98. The van der Waals surface area contributed by atoms with Crippen LogP contribution in [0.25, 0.3) is 11.5 Å². The molecule has 2 aromatic rings. The molecule has 0 atom stereocenters. The molecule has 0 fully saturated rings. The van der Waals surface area contributed by atoms with E-state index < -0.39 is 7.12 Å². The van der Waals surface area contributed by atoms with E-state index in [1.54, 1.807) is 12.1 Å². The van der Waals surface area contributed by atoms with Gasteiger partial charge in [-0.2, -0.15) is 0 Å². The van der Waals surface area contributed by atoms with Gasteiger partial charge in [-0.15, -0.1) is 10.2 Å². The molecule has 2 rings (SSSR count). The van der Waals surface area contributed by atoms with Crippen molar-refractivity contribution >= 4 is 24.2 Å². The Labute approximate surface area is 122 Å². The molecule has 0 unspecified atom stereocenters. The van der Waals surface area contributed by atoms with E-state index in [1.165, 1.54) is 6.07 Å². The second-order valence-corrected chi connectivity index (χ2v) is 4.98. The predicted octanol–water partition coefficient (Wildman–Crippen LogP) is 1.80. The number of rotatable bonds is 6. The molecule has 0 spiro atoms. The van der Waals surface area contributed by atoms with Gasteiger partial charge < -0.3 is 14.5 Å². The number of aryl methyl sites for hydroxylation is 1. The van der Waals surface area contributed by atoms with E-state index in [0.29, 0.717) is 27.8 Å².